The smallest absolute Gasteiger partial charge is 0.326 e. The molecular formula is C21H20FN3O2. The number of hydrogen-bond donors (Lipinski definition) is 1. The van der Waals surface area contributed by atoms with Gasteiger partial charge in [0.05, 0.1) is 11.0 Å². The number of rotatable bonds is 3. The summed E-state index contributed by atoms with van der Waals surface area (Å²) >= 11 is 0. The van der Waals surface area contributed by atoms with Crippen LogP contribution in [0.15, 0.2) is 59.4 Å². The van der Waals surface area contributed by atoms with Crippen LogP contribution < -0.4 is 5.69 Å². The lowest BCUT2D eigenvalue weighted by Crippen LogP contribution is -2.39. The first-order valence-electron chi connectivity index (χ1n) is 9.03. The maximum atomic E-state index is 13.2. The van der Waals surface area contributed by atoms with Crippen LogP contribution in [-0.4, -0.2) is 33.4 Å². The lowest BCUT2D eigenvalue weighted by Gasteiger charge is -2.32. The highest BCUT2D eigenvalue weighted by Gasteiger charge is 2.25. The molecule has 2 aromatic carbocycles. The fourth-order valence-electron chi connectivity index (χ4n) is 3.66. The van der Waals surface area contributed by atoms with E-state index in [0.717, 1.165) is 23.9 Å². The quantitative estimate of drug-likeness (QED) is 0.724. The van der Waals surface area contributed by atoms with Gasteiger partial charge in [0.1, 0.15) is 5.82 Å². The highest BCUT2D eigenvalue weighted by Crippen LogP contribution is 2.25. The summed E-state index contributed by atoms with van der Waals surface area (Å²) in [5.74, 6) is -0.418. The standard InChI is InChI=1S/C21H20FN3O2/c22-16-5-3-4-15(14-16)8-9-20(26)24-12-10-17(11-13-24)25-19-7-2-1-6-18(19)23-21(25)27/h1-9,14,17H,10-13H2,(H,23,27)/b9-8+. The van der Waals surface area contributed by atoms with E-state index in [2.05, 4.69) is 4.98 Å². The number of likely N-dealkylation sites (tertiary alicyclic amines) is 1. The van der Waals surface area contributed by atoms with Crippen LogP contribution in [0.5, 0.6) is 0 Å². The number of nitrogens with zero attached hydrogens (tertiary/aromatic N) is 2. The molecule has 0 aliphatic carbocycles. The number of carbonyl (C=O) groups excluding carboxylic acids is 1. The Morgan fingerprint density at radius 2 is 1.89 bits per heavy atom. The molecule has 0 spiro atoms. The molecule has 1 N–H and O–H groups in total. The Bertz CT molecular complexity index is 1060. The molecule has 1 aromatic heterocycles. The average Bonchev–Trinajstić information content (AvgIpc) is 3.02. The van der Waals surface area contributed by atoms with E-state index in [1.165, 1.54) is 18.2 Å². The largest absolute Gasteiger partial charge is 0.339 e. The molecule has 3 aromatic rings. The van der Waals surface area contributed by atoms with Gasteiger partial charge in [0.2, 0.25) is 5.91 Å². The topological polar surface area (TPSA) is 58.1 Å². The van der Waals surface area contributed by atoms with Gasteiger partial charge >= 0.3 is 5.69 Å². The molecule has 1 saturated heterocycles. The minimum absolute atomic E-state index is 0.0740. The molecule has 27 heavy (non-hydrogen) atoms. The Hall–Kier alpha value is -3.15. The summed E-state index contributed by atoms with van der Waals surface area (Å²) in [6.07, 6.45) is 4.55. The number of nitrogens with one attached hydrogen (secondary N) is 1. The SMILES string of the molecule is O=C(/C=C/c1cccc(F)c1)N1CCC(n2c(=O)[nH]c3ccccc32)CC1. The summed E-state index contributed by atoms with van der Waals surface area (Å²) in [6.45, 7) is 1.17. The number of H-pyrrole nitrogens is 1. The minimum Gasteiger partial charge on any atom is -0.339 e. The van der Waals surface area contributed by atoms with E-state index < -0.39 is 0 Å². The molecule has 0 radical (unpaired) electrons. The second-order valence-corrected chi connectivity index (χ2v) is 6.76. The number of aromatic amines is 1. The Morgan fingerprint density at radius 1 is 1.11 bits per heavy atom. The van der Waals surface area contributed by atoms with E-state index in [1.54, 1.807) is 27.7 Å². The fourth-order valence-corrected chi connectivity index (χ4v) is 3.66. The van der Waals surface area contributed by atoms with Crippen molar-refractivity contribution in [2.75, 3.05) is 13.1 Å². The first-order valence-corrected chi connectivity index (χ1v) is 9.03. The van der Waals surface area contributed by atoms with Gasteiger partial charge in [0, 0.05) is 25.2 Å². The van der Waals surface area contributed by atoms with Crippen LogP contribution >= 0.6 is 0 Å². The summed E-state index contributed by atoms with van der Waals surface area (Å²) in [5, 5.41) is 0. The molecule has 2 heterocycles. The zero-order valence-electron chi connectivity index (χ0n) is 14.8. The lowest BCUT2D eigenvalue weighted by atomic mass is 10.0. The van der Waals surface area contributed by atoms with Crippen molar-refractivity contribution in [3.8, 4) is 0 Å². The maximum absolute atomic E-state index is 13.2. The summed E-state index contributed by atoms with van der Waals surface area (Å²) in [4.78, 5) is 29.4. The predicted molar refractivity (Wildman–Crippen MR) is 103 cm³/mol. The first kappa shape index (κ1) is 17.3. The summed E-state index contributed by atoms with van der Waals surface area (Å²) in [7, 11) is 0. The number of fused-ring (bicyclic) bond motifs is 1. The van der Waals surface area contributed by atoms with Gasteiger partial charge < -0.3 is 9.88 Å². The van der Waals surface area contributed by atoms with Gasteiger partial charge in [-0.2, -0.15) is 0 Å². The van der Waals surface area contributed by atoms with Crippen molar-refractivity contribution in [3.05, 3.63) is 76.5 Å². The van der Waals surface area contributed by atoms with Crippen LogP contribution in [0.25, 0.3) is 17.1 Å². The average molecular weight is 365 g/mol. The van der Waals surface area contributed by atoms with Crippen molar-refractivity contribution >= 4 is 23.0 Å². The van der Waals surface area contributed by atoms with Crippen LogP contribution in [0.3, 0.4) is 0 Å². The van der Waals surface area contributed by atoms with Crippen LogP contribution in [0.4, 0.5) is 4.39 Å². The van der Waals surface area contributed by atoms with Crippen molar-refractivity contribution in [2.24, 2.45) is 0 Å². The minimum atomic E-state index is -0.324. The molecule has 6 heteroatoms. The molecule has 4 rings (SSSR count). The van der Waals surface area contributed by atoms with E-state index >= 15 is 0 Å². The number of para-hydroxylation sites is 2. The molecule has 1 aliphatic heterocycles. The third-order valence-corrected chi connectivity index (χ3v) is 5.03. The molecule has 1 amide bonds. The number of imidazole rings is 1. The van der Waals surface area contributed by atoms with Crippen LogP contribution in [0, 0.1) is 5.82 Å². The fraction of sp³-hybridized carbons (Fsp3) is 0.238. The Morgan fingerprint density at radius 3 is 2.67 bits per heavy atom. The van der Waals surface area contributed by atoms with Gasteiger partial charge in [-0.3, -0.25) is 9.36 Å². The molecule has 1 aliphatic rings. The highest BCUT2D eigenvalue weighted by molar-refractivity contribution is 5.91. The molecule has 138 valence electrons. The predicted octanol–water partition coefficient (Wildman–Crippen LogP) is 3.35. The zero-order valence-corrected chi connectivity index (χ0v) is 14.8. The van der Waals surface area contributed by atoms with Gasteiger partial charge in [-0.25, -0.2) is 9.18 Å². The van der Waals surface area contributed by atoms with Gasteiger partial charge in [-0.15, -0.1) is 0 Å². The highest BCUT2D eigenvalue weighted by atomic mass is 19.1. The molecule has 0 saturated carbocycles. The van der Waals surface area contributed by atoms with Crippen molar-refractivity contribution < 1.29 is 9.18 Å². The summed E-state index contributed by atoms with van der Waals surface area (Å²) in [5.41, 5.74) is 2.29. The van der Waals surface area contributed by atoms with E-state index in [4.69, 9.17) is 0 Å². The van der Waals surface area contributed by atoms with Gasteiger partial charge in [-0.05, 0) is 48.7 Å². The summed E-state index contributed by atoms with van der Waals surface area (Å²) < 4.78 is 15.0. The number of benzene rings is 2. The zero-order chi connectivity index (χ0) is 18.8. The van der Waals surface area contributed by atoms with Crippen molar-refractivity contribution in [1.29, 1.82) is 0 Å². The maximum Gasteiger partial charge on any atom is 0.326 e. The van der Waals surface area contributed by atoms with E-state index in [0.29, 0.717) is 18.7 Å². The normalized spacial score (nSPS) is 15.7. The monoisotopic (exact) mass is 365 g/mol. The third-order valence-electron chi connectivity index (χ3n) is 5.03. The number of aromatic nitrogens is 2. The second-order valence-electron chi connectivity index (χ2n) is 6.76. The Kier molecular flexibility index (Phi) is 4.62. The van der Waals surface area contributed by atoms with Crippen molar-refractivity contribution in [3.63, 3.8) is 0 Å². The second kappa shape index (κ2) is 7.23. The molecule has 0 bridgehead atoms. The van der Waals surface area contributed by atoms with Crippen molar-refractivity contribution in [2.45, 2.75) is 18.9 Å². The molecule has 5 nitrogen and oxygen atoms in total. The first-order chi connectivity index (χ1) is 13.1. The molecule has 0 atom stereocenters. The number of amides is 1. The number of hydrogen-bond acceptors (Lipinski definition) is 2. The van der Waals surface area contributed by atoms with E-state index in [1.807, 2.05) is 24.3 Å². The van der Waals surface area contributed by atoms with Crippen LogP contribution in [0.2, 0.25) is 0 Å². The van der Waals surface area contributed by atoms with Crippen LogP contribution in [-0.2, 0) is 4.79 Å². The van der Waals surface area contributed by atoms with Gasteiger partial charge in [-0.1, -0.05) is 24.3 Å². The van der Waals surface area contributed by atoms with E-state index in [-0.39, 0.29) is 23.5 Å². The molecular weight excluding hydrogens is 345 g/mol. The van der Waals surface area contributed by atoms with Crippen molar-refractivity contribution in [1.82, 2.24) is 14.5 Å². The molecule has 1 fully saturated rings. The lowest BCUT2D eigenvalue weighted by molar-refractivity contribution is -0.127. The Labute approximate surface area is 155 Å². The Balaban J connectivity index is 1.43. The van der Waals surface area contributed by atoms with Crippen LogP contribution in [0.1, 0.15) is 24.4 Å². The van der Waals surface area contributed by atoms with E-state index in [9.17, 15) is 14.0 Å². The summed E-state index contributed by atoms with van der Waals surface area (Å²) in [6, 6.07) is 13.8. The number of carbonyl (C=O) groups is 1. The third kappa shape index (κ3) is 3.56. The van der Waals surface area contributed by atoms with Gasteiger partial charge in [0.15, 0.2) is 0 Å². The number of piperidine rings is 1. The molecule has 0 unspecified atom stereocenters. The number of halogens is 1. The van der Waals surface area contributed by atoms with Gasteiger partial charge in [0.25, 0.3) is 0 Å².